The normalized spacial score (nSPS) is 15.6. The SMILES string of the molecule is CSCC[C@H](N)C(=O)Nc1ccccc1C(=O)N1CCNC(=O)C1. The summed E-state index contributed by atoms with van der Waals surface area (Å²) in [6.45, 7) is 0.896. The monoisotopic (exact) mass is 350 g/mol. The molecule has 130 valence electrons. The summed E-state index contributed by atoms with van der Waals surface area (Å²) in [5.74, 6) is 0.00670. The summed E-state index contributed by atoms with van der Waals surface area (Å²) in [7, 11) is 0. The number of nitrogens with two attached hydrogens (primary N) is 1. The lowest BCUT2D eigenvalue weighted by Crippen LogP contribution is -2.50. The van der Waals surface area contributed by atoms with E-state index in [1.807, 2.05) is 6.26 Å². The van der Waals surface area contributed by atoms with Crippen molar-refractivity contribution in [3.63, 3.8) is 0 Å². The first-order chi connectivity index (χ1) is 11.5. The van der Waals surface area contributed by atoms with Crippen LogP contribution in [0.25, 0.3) is 0 Å². The van der Waals surface area contributed by atoms with Crippen LogP contribution < -0.4 is 16.4 Å². The first kappa shape index (κ1) is 18.3. The summed E-state index contributed by atoms with van der Waals surface area (Å²) in [6, 6.07) is 6.14. The van der Waals surface area contributed by atoms with E-state index in [4.69, 9.17) is 5.73 Å². The van der Waals surface area contributed by atoms with Crippen molar-refractivity contribution in [1.82, 2.24) is 10.2 Å². The van der Waals surface area contributed by atoms with Gasteiger partial charge in [0.05, 0.1) is 23.8 Å². The summed E-state index contributed by atoms with van der Waals surface area (Å²) >= 11 is 1.62. The molecule has 1 aromatic rings. The fourth-order valence-corrected chi connectivity index (χ4v) is 2.85. The molecule has 1 aromatic carbocycles. The molecule has 1 aliphatic rings. The Kier molecular flexibility index (Phi) is 6.62. The second-order valence-corrected chi connectivity index (χ2v) is 6.49. The minimum Gasteiger partial charge on any atom is -0.353 e. The summed E-state index contributed by atoms with van der Waals surface area (Å²) in [6.07, 6.45) is 2.52. The van der Waals surface area contributed by atoms with Gasteiger partial charge in [0, 0.05) is 13.1 Å². The van der Waals surface area contributed by atoms with Crippen LogP contribution in [0.15, 0.2) is 24.3 Å². The maximum atomic E-state index is 12.6. The first-order valence-corrected chi connectivity index (χ1v) is 9.12. The van der Waals surface area contributed by atoms with Gasteiger partial charge in [-0.2, -0.15) is 11.8 Å². The summed E-state index contributed by atoms with van der Waals surface area (Å²) in [4.78, 5) is 37.8. The van der Waals surface area contributed by atoms with E-state index in [-0.39, 0.29) is 24.3 Å². The number of rotatable bonds is 6. The van der Waals surface area contributed by atoms with Crippen LogP contribution in [0.1, 0.15) is 16.8 Å². The molecule has 3 amide bonds. The number of para-hydroxylation sites is 1. The summed E-state index contributed by atoms with van der Waals surface area (Å²) in [5.41, 5.74) is 6.64. The highest BCUT2D eigenvalue weighted by atomic mass is 32.2. The lowest BCUT2D eigenvalue weighted by molar-refractivity contribution is -0.123. The molecule has 0 bridgehead atoms. The Labute approximate surface area is 145 Å². The number of thioether (sulfide) groups is 1. The van der Waals surface area contributed by atoms with Gasteiger partial charge in [0.2, 0.25) is 11.8 Å². The fourth-order valence-electron chi connectivity index (χ4n) is 2.36. The molecule has 1 saturated heterocycles. The van der Waals surface area contributed by atoms with Gasteiger partial charge in [-0.05, 0) is 30.6 Å². The smallest absolute Gasteiger partial charge is 0.256 e. The van der Waals surface area contributed by atoms with Crippen LogP contribution in [0.2, 0.25) is 0 Å². The highest BCUT2D eigenvalue weighted by Crippen LogP contribution is 2.18. The third-order valence-corrected chi connectivity index (χ3v) is 4.35. The number of nitrogens with one attached hydrogen (secondary N) is 2. The van der Waals surface area contributed by atoms with Crippen LogP contribution in [0.4, 0.5) is 5.69 Å². The molecule has 4 N–H and O–H groups in total. The summed E-state index contributed by atoms with van der Waals surface area (Å²) < 4.78 is 0. The molecule has 1 atom stereocenters. The van der Waals surface area contributed by atoms with Crippen molar-refractivity contribution in [3.8, 4) is 0 Å². The minimum absolute atomic E-state index is 0.0222. The number of piperazine rings is 1. The van der Waals surface area contributed by atoms with Gasteiger partial charge in [0.15, 0.2) is 0 Å². The van der Waals surface area contributed by atoms with Gasteiger partial charge < -0.3 is 21.3 Å². The molecule has 0 unspecified atom stereocenters. The van der Waals surface area contributed by atoms with Crippen molar-refractivity contribution in [2.45, 2.75) is 12.5 Å². The van der Waals surface area contributed by atoms with Crippen LogP contribution in [0, 0.1) is 0 Å². The Morgan fingerprint density at radius 1 is 1.42 bits per heavy atom. The number of amides is 3. The molecule has 2 rings (SSSR count). The van der Waals surface area contributed by atoms with E-state index >= 15 is 0 Å². The highest BCUT2D eigenvalue weighted by molar-refractivity contribution is 7.98. The van der Waals surface area contributed by atoms with Crippen LogP contribution >= 0.6 is 11.8 Å². The Morgan fingerprint density at radius 3 is 2.88 bits per heavy atom. The average Bonchev–Trinajstić information content (AvgIpc) is 2.59. The topological polar surface area (TPSA) is 105 Å². The van der Waals surface area contributed by atoms with Crippen molar-refractivity contribution in [1.29, 1.82) is 0 Å². The van der Waals surface area contributed by atoms with Crippen molar-refractivity contribution >= 4 is 35.2 Å². The first-order valence-electron chi connectivity index (χ1n) is 7.73. The summed E-state index contributed by atoms with van der Waals surface area (Å²) in [5, 5.41) is 5.41. The molecule has 1 fully saturated rings. The van der Waals surface area contributed by atoms with Gasteiger partial charge in [-0.1, -0.05) is 12.1 Å². The predicted octanol–water partition coefficient (Wildman–Crippen LogP) is 0.278. The molecule has 7 nitrogen and oxygen atoms in total. The predicted molar refractivity (Wildman–Crippen MR) is 95.0 cm³/mol. The lowest BCUT2D eigenvalue weighted by atomic mass is 10.1. The zero-order valence-corrected chi connectivity index (χ0v) is 14.4. The third kappa shape index (κ3) is 4.72. The van der Waals surface area contributed by atoms with E-state index in [0.717, 1.165) is 5.75 Å². The lowest BCUT2D eigenvalue weighted by Gasteiger charge is -2.27. The molecule has 24 heavy (non-hydrogen) atoms. The third-order valence-electron chi connectivity index (χ3n) is 3.71. The largest absolute Gasteiger partial charge is 0.353 e. The zero-order valence-electron chi connectivity index (χ0n) is 13.6. The molecule has 0 aliphatic carbocycles. The Morgan fingerprint density at radius 2 is 2.17 bits per heavy atom. The molecule has 0 radical (unpaired) electrons. The van der Waals surface area contributed by atoms with E-state index in [9.17, 15) is 14.4 Å². The van der Waals surface area contributed by atoms with E-state index in [0.29, 0.717) is 30.8 Å². The van der Waals surface area contributed by atoms with Crippen LogP contribution in [0.3, 0.4) is 0 Å². The fraction of sp³-hybridized carbons (Fsp3) is 0.438. The maximum absolute atomic E-state index is 12.6. The Balaban J connectivity index is 2.10. The molecule has 0 saturated carbocycles. The van der Waals surface area contributed by atoms with Gasteiger partial charge in [0.1, 0.15) is 0 Å². The van der Waals surface area contributed by atoms with Crippen molar-refractivity contribution in [2.75, 3.05) is 37.0 Å². The van der Waals surface area contributed by atoms with Crippen molar-refractivity contribution in [2.24, 2.45) is 5.73 Å². The maximum Gasteiger partial charge on any atom is 0.256 e. The quantitative estimate of drug-likeness (QED) is 0.683. The van der Waals surface area contributed by atoms with Gasteiger partial charge in [0.25, 0.3) is 5.91 Å². The average molecular weight is 350 g/mol. The van der Waals surface area contributed by atoms with E-state index in [1.165, 1.54) is 4.90 Å². The Bertz CT molecular complexity index is 623. The molecule has 1 aliphatic heterocycles. The van der Waals surface area contributed by atoms with Crippen molar-refractivity contribution in [3.05, 3.63) is 29.8 Å². The molecular weight excluding hydrogens is 328 g/mol. The molecular formula is C16H22N4O3S. The molecule has 8 heteroatoms. The number of carbonyl (C=O) groups is 3. The minimum atomic E-state index is -0.624. The van der Waals surface area contributed by atoms with Crippen molar-refractivity contribution < 1.29 is 14.4 Å². The second kappa shape index (κ2) is 8.70. The zero-order chi connectivity index (χ0) is 17.5. The molecule has 0 spiro atoms. The second-order valence-electron chi connectivity index (χ2n) is 5.50. The highest BCUT2D eigenvalue weighted by Gasteiger charge is 2.25. The number of anilines is 1. The van der Waals surface area contributed by atoms with Gasteiger partial charge in [-0.15, -0.1) is 0 Å². The van der Waals surface area contributed by atoms with Gasteiger partial charge >= 0.3 is 0 Å². The number of hydrogen-bond acceptors (Lipinski definition) is 5. The number of hydrogen-bond donors (Lipinski definition) is 3. The van der Waals surface area contributed by atoms with E-state index in [2.05, 4.69) is 10.6 Å². The van der Waals surface area contributed by atoms with E-state index < -0.39 is 6.04 Å². The van der Waals surface area contributed by atoms with E-state index in [1.54, 1.807) is 36.0 Å². The molecule has 0 aromatic heterocycles. The number of carbonyl (C=O) groups excluding carboxylic acids is 3. The standard InChI is InChI=1S/C16H22N4O3S/c1-24-9-6-12(17)15(22)19-13-5-3-2-4-11(13)16(23)20-8-7-18-14(21)10-20/h2-5,12H,6-10,17H2,1H3,(H,18,21)(H,19,22)/t12-/m0/s1. The number of benzene rings is 1. The Hall–Kier alpha value is -2.06. The van der Waals surface area contributed by atoms with Crippen LogP contribution in [-0.2, 0) is 9.59 Å². The van der Waals surface area contributed by atoms with Crippen LogP contribution in [0.5, 0.6) is 0 Å². The van der Waals surface area contributed by atoms with Gasteiger partial charge in [-0.25, -0.2) is 0 Å². The van der Waals surface area contributed by atoms with Gasteiger partial charge in [-0.3, -0.25) is 14.4 Å². The molecule has 1 heterocycles. The number of nitrogens with zero attached hydrogens (tertiary/aromatic N) is 1. The van der Waals surface area contributed by atoms with Crippen LogP contribution in [-0.4, -0.2) is 60.3 Å².